The smallest absolute Gasteiger partial charge is 0.258 e. The minimum Gasteiger partial charge on any atom is -0.258 e. The summed E-state index contributed by atoms with van der Waals surface area (Å²) in [5.41, 5.74) is -0.262. The lowest BCUT2D eigenvalue weighted by atomic mass is 10.2. The fraction of sp³-hybridized carbons (Fsp3) is 0.143. The van der Waals surface area contributed by atoms with E-state index in [0.29, 0.717) is 0 Å². The molecule has 0 spiro atoms. The second kappa shape index (κ2) is 4.07. The Morgan fingerprint density at radius 3 is 2.40 bits per heavy atom. The van der Waals surface area contributed by atoms with Crippen molar-refractivity contribution in [1.82, 2.24) is 0 Å². The van der Waals surface area contributed by atoms with Crippen molar-refractivity contribution < 1.29 is 13.3 Å². The summed E-state index contributed by atoms with van der Waals surface area (Å²) in [5.74, 6) is 0. The van der Waals surface area contributed by atoms with Crippen LogP contribution in [0.1, 0.15) is 5.56 Å². The molecule has 82 valence electrons. The second-order valence-electron chi connectivity index (χ2n) is 2.72. The molecule has 1 aromatic rings. The summed E-state index contributed by atoms with van der Waals surface area (Å²) in [6.07, 6.45) is 0. The summed E-state index contributed by atoms with van der Waals surface area (Å²) in [7, 11) is 1.17. The van der Waals surface area contributed by atoms with Gasteiger partial charge in [0.05, 0.1) is 4.92 Å². The van der Waals surface area contributed by atoms with Gasteiger partial charge in [-0.25, -0.2) is 8.42 Å². The number of benzene rings is 1. The summed E-state index contributed by atoms with van der Waals surface area (Å²) in [5, 5.41) is 10.6. The van der Waals surface area contributed by atoms with E-state index in [4.69, 9.17) is 10.7 Å². The van der Waals surface area contributed by atoms with Gasteiger partial charge < -0.3 is 0 Å². The molecule has 0 aliphatic heterocycles. The van der Waals surface area contributed by atoms with E-state index in [2.05, 4.69) is 15.9 Å². The maximum Gasteiger partial charge on any atom is 0.273 e. The summed E-state index contributed by atoms with van der Waals surface area (Å²) >= 11 is 2.98. The first-order valence-electron chi connectivity index (χ1n) is 3.63. The molecule has 1 aromatic carbocycles. The molecule has 0 saturated heterocycles. The van der Waals surface area contributed by atoms with E-state index in [-0.39, 0.29) is 20.6 Å². The Bertz CT molecular complexity index is 528. The van der Waals surface area contributed by atoms with Crippen LogP contribution < -0.4 is 0 Å². The van der Waals surface area contributed by atoms with Crippen LogP contribution in [-0.2, 0) is 9.05 Å². The third-order valence-corrected chi connectivity index (χ3v) is 4.17. The summed E-state index contributed by atoms with van der Waals surface area (Å²) in [4.78, 5) is 9.64. The molecule has 0 atom stereocenters. The second-order valence-corrected chi connectivity index (χ2v) is 6.07. The standard InChI is InChI=1S/C7H5BrClNO4S/c1-4-6(10(11)12)3-2-5(8)7(4)15(9,13)14/h2-3H,1H3. The van der Waals surface area contributed by atoms with Crippen LogP contribution in [0.2, 0.25) is 0 Å². The van der Waals surface area contributed by atoms with Crippen LogP contribution in [-0.4, -0.2) is 13.3 Å². The average molecular weight is 315 g/mol. The van der Waals surface area contributed by atoms with Gasteiger partial charge in [-0.15, -0.1) is 0 Å². The highest BCUT2D eigenvalue weighted by molar-refractivity contribution is 9.10. The number of hydrogen-bond donors (Lipinski definition) is 0. The highest BCUT2D eigenvalue weighted by Crippen LogP contribution is 2.33. The van der Waals surface area contributed by atoms with Crippen molar-refractivity contribution in [3.8, 4) is 0 Å². The van der Waals surface area contributed by atoms with E-state index in [9.17, 15) is 18.5 Å². The van der Waals surface area contributed by atoms with E-state index < -0.39 is 14.0 Å². The van der Waals surface area contributed by atoms with Gasteiger partial charge in [-0.1, -0.05) is 0 Å². The van der Waals surface area contributed by atoms with Crippen molar-refractivity contribution in [2.24, 2.45) is 0 Å². The highest BCUT2D eigenvalue weighted by atomic mass is 79.9. The molecular formula is C7H5BrClNO4S. The predicted octanol–water partition coefficient (Wildman–Crippen LogP) is 2.59. The zero-order valence-corrected chi connectivity index (χ0v) is 10.6. The lowest BCUT2D eigenvalue weighted by Crippen LogP contribution is -2.00. The van der Waals surface area contributed by atoms with Crippen molar-refractivity contribution in [3.63, 3.8) is 0 Å². The normalized spacial score (nSPS) is 11.4. The summed E-state index contributed by atoms with van der Waals surface area (Å²) < 4.78 is 22.5. The van der Waals surface area contributed by atoms with Crippen molar-refractivity contribution in [2.45, 2.75) is 11.8 Å². The highest BCUT2D eigenvalue weighted by Gasteiger charge is 2.24. The molecule has 0 N–H and O–H groups in total. The van der Waals surface area contributed by atoms with Gasteiger partial charge in [-0.2, -0.15) is 0 Å². The Balaban J connectivity index is 3.66. The van der Waals surface area contributed by atoms with Crippen LogP contribution in [0.15, 0.2) is 21.5 Å². The zero-order chi connectivity index (χ0) is 11.8. The molecule has 0 heterocycles. The van der Waals surface area contributed by atoms with Gasteiger partial charge in [0.25, 0.3) is 14.7 Å². The van der Waals surface area contributed by atoms with E-state index in [0.717, 1.165) is 0 Å². The molecule has 0 aliphatic carbocycles. The Morgan fingerprint density at radius 2 is 2.00 bits per heavy atom. The first-order valence-corrected chi connectivity index (χ1v) is 6.73. The molecule has 1 rings (SSSR count). The van der Waals surface area contributed by atoms with Gasteiger partial charge in [-0.05, 0) is 28.9 Å². The number of halogens is 2. The fourth-order valence-corrected chi connectivity index (χ4v) is 3.86. The third-order valence-electron chi connectivity index (χ3n) is 1.77. The Morgan fingerprint density at radius 1 is 1.47 bits per heavy atom. The van der Waals surface area contributed by atoms with E-state index >= 15 is 0 Å². The average Bonchev–Trinajstić information content (AvgIpc) is 2.00. The molecule has 0 bridgehead atoms. The molecule has 0 radical (unpaired) electrons. The minimum absolute atomic E-state index is 0.0179. The van der Waals surface area contributed by atoms with Crippen LogP contribution >= 0.6 is 26.6 Å². The minimum atomic E-state index is -4.00. The van der Waals surface area contributed by atoms with Gasteiger partial charge >= 0.3 is 0 Å². The van der Waals surface area contributed by atoms with E-state index in [1.807, 2.05) is 0 Å². The monoisotopic (exact) mass is 313 g/mol. The SMILES string of the molecule is Cc1c([N+](=O)[O-])ccc(Br)c1S(=O)(=O)Cl. The summed E-state index contributed by atoms with van der Waals surface area (Å²) in [6.45, 7) is 1.33. The van der Waals surface area contributed by atoms with E-state index in [1.54, 1.807) is 0 Å². The predicted molar refractivity (Wildman–Crippen MR) is 58.6 cm³/mol. The Labute approximate surface area is 98.7 Å². The van der Waals surface area contributed by atoms with Gasteiger partial charge in [0, 0.05) is 26.8 Å². The molecular weight excluding hydrogens is 310 g/mol. The lowest BCUT2D eigenvalue weighted by molar-refractivity contribution is -0.385. The molecule has 0 unspecified atom stereocenters. The van der Waals surface area contributed by atoms with Crippen molar-refractivity contribution in [3.05, 3.63) is 32.3 Å². The number of nitro benzene ring substituents is 1. The van der Waals surface area contributed by atoms with Crippen LogP contribution in [0, 0.1) is 17.0 Å². The number of rotatable bonds is 2. The molecule has 15 heavy (non-hydrogen) atoms. The van der Waals surface area contributed by atoms with Crippen LogP contribution in [0.25, 0.3) is 0 Å². The third kappa shape index (κ3) is 2.47. The first kappa shape index (κ1) is 12.4. The van der Waals surface area contributed by atoms with Crippen LogP contribution in [0.3, 0.4) is 0 Å². The van der Waals surface area contributed by atoms with Gasteiger partial charge in [0.2, 0.25) is 0 Å². The number of nitrogens with zero attached hydrogens (tertiary/aromatic N) is 1. The fourth-order valence-electron chi connectivity index (χ4n) is 1.15. The molecule has 8 heteroatoms. The molecule has 0 aliphatic rings. The number of hydrogen-bond acceptors (Lipinski definition) is 4. The quantitative estimate of drug-likeness (QED) is 0.477. The Hall–Kier alpha value is -0.660. The van der Waals surface area contributed by atoms with Gasteiger partial charge in [0.1, 0.15) is 4.90 Å². The zero-order valence-electron chi connectivity index (χ0n) is 7.40. The maximum absolute atomic E-state index is 11.2. The largest absolute Gasteiger partial charge is 0.273 e. The van der Waals surface area contributed by atoms with Crippen LogP contribution in [0.4, 0.5) is 5.69 Å². The summed E-state index contributed by atoms with van der Waals surface area (Å²) in [6, 6.07) is 2.49. The molecule has 0 aromatic heterocycles. The molecule has 0 amide bonds. The van der Waals surface area contributed by atoms with Crippen molar-refractivity contribution in [1.29, 1.82) is 0 Å². The van der Waals surface area contributed by atoms with Gasteiger partial charge in [-0.3, -0.25) is 10.1 Å². The molecule has 0 fully saturated rings. The maximum atomic E-state index is 11.2. The lowest BCUT2D eigenvalue weighted by Gasteiger charge is -2.04. The van der Waals surface area contributed by atoms with Crippen molar-refractivity contribution in [2.75, 3.05) is 0 Å². The molecule has 5 nitrogen and oxygen atoms in total. The first-order chi connectivity index (χ1) is 6.75. The molecule has 0 saturated carbocycles. The Kier molecular flexibility index (Phi) is 3.37. The topological polar surface area (TPSA) is 77.3 Å². The number of nitro groups is 1. The van der Waals surface area contributed by atoms with Crippen molar-refractivity contribution >= 4 is 41.4 Å². The van der Waals surface area contributed by atoms with E-state index in [1.165, 1.54) is 19.1 Å². The van der Waals surface area contributed by atoms with Gasteiger partial charge in [0.15, 0.2) is 0 Å². The van der Waals surface area contributed by atoms with Crippen LogP contribution in [0.5, 0.6) is 0 Å².